The Labute approximate surface area is 151 Å². The highest BCUT2D eigenvalue weighted by molar-refractivity contribution is 7.80. The van der Waals surface area contributed by atoms with E-state index >= 15 is 0 Å². The molecule has 4 N–H and O–H groups in total. The van der Waals surface area contributed by atoms with Crippen molar-refractivity contribution in [3.63, 3.8) is 0 Å². The number of rotatable bonds is 6. The SMILES string of the molecule is Cc1ccc(NCC(N)=S)cc1Nc1nccc(-c2cccnc2)n1. The first kappa shape index (κ1) is 16.8. The minimum atomic E-state index is 0.419. The maximum Gasteiger partial charge on any atom is 0.227 e. The molecule has 2 heterocycles. The minimum Gasteiger partial charge on any atom is -0.392 e. The Balaban J connectivity index is 1.82. The van der Waals surface area contributed by atoms with Crippen molar-refractivity contribution in [2.45, 2.75) is 6.92 Å². The van der Waals surface area contributed by atoms with Crippen LogP contribution in [0.25, 0.3) is 11.3 Å². The summed E-state index contributed by atoms with van der Waals surface area (Å²) in [6.45, 7) is 2.47. The smallest absolute Gasteiger partial charge is 0.227 e. The molecule has 3 aromatic rings. The highest BCUT2D eigenvalue weighted by Gasteiger charge is 2.06. The van der Waals surface area contributed by atoms with Crippen LogP contribution in [0.4, 0.5) is 17.3 Å². The topological polar surface area (TPSA) is 88.8 Å². The Bertz CT molecular complexity index is 882. The predicted molar refractivity (Wildman–Crippen MR) is 105 cm³/mol. The Hall–Kier alpha value is -3.06. The van der Waals surface area contributed by atoms with Gasteiger partial charge in [0.2, 0.25) is 5.95 Å². The van der Waals surface area contributed by atoms with Gasteiger partial charge in [-0.05, 0) is 42.8 Å². The number of nitrogens with two attached hydrogens (primary N) is 1. The van der Waals surface area contributed by atoms with Gasteiger partial charge in [0.15, 0.2) is 0 Å². The van der Waals surface area contributed by atoms with Crippen molar-refractivity contribution in [1.29, 1.82) is 0 Å². The minimum absolute atomic E-state index is 0.419. The number of anilines is 3. The largest absolute Gasteiger partial charge is 0.392 e. The molecule has 7 heteroatoms. The number of hydrogen-bond acceptors (Lipinski definition) is 6. The maximum atomic E-state index is 5.53. The molecule has 0 aliphatic rings. The standard InChI is InChI=1S/C18H18N6S/c1-12-4-5-14(22-11-17(19)25)9-16(12)24-18-21-8-6-15(23-18)13-3-2-7-20-10-13/h2-10,22H,11H2,1H3,(H2,19,25)(H,21,23,24). The average Bonchev–Trinajstić information content (AvgIpc) is 2.63. The summed E-state index contributed by atoms with van der Waals surface area (Å²) in [6, 6.07) is 11.7. The van der Waals surface area contributed by atoms with Crippen molar-refractivity contribution >= 4 is 34.5 Å². The number of thiocarbonyl (C=S) groups is 1. The van der Waals surface area contributed by atoms with Crippen molar-refractivity contribution in [3.05, 3.63) is 60.6 Å². The number of nitrogens with one attached hydrogen (secondary N) is 2. The van der Waals surface area contributed by atoms with Crippen LogP contribution in [-0.2, 0) is 0 Å². The third-order valence-electron chi connectivity index (χ3n) is 3.56. The Morgan fingerprint density at radius 1 is 1.20 bits per heavy atom. The van der Waals surface area contributed by atoms with Crippen LogP contribution < -0.4 is 16.4 Å². The second kappa shape index (κ2) is 7.67. The van der Waals surface area contributed by atoms with Crippen LogP contribution in [0.3, 0.4) is 0 Å². The van der Waals surface area contributed by atoms with E-state index in [1.165, 1.54) is 0 Å². The highest BCUT2D eigenvalue weighted by Crippen LogP contribution is 2.24. The molecular weight excluding hydrogens is 332 g/mol. The molecule has 0 saturated carbocycles. The van der Waals surface area contributed by atoms with E-state index < -0.39 is 0 Å². The predicted octanol–water partition coefficient (Wildman–Crippen LogP) is 3.29. The van der Waals surface area contributed by atoms with E-state index in [2.05, 4.69) is 25.6 Å². The Kier molecular flexibility index (Phi) is 5.15. The zero-order chi connectivity index (χ0) is 17.6. The van der Waals surface area contributed by atoms with E-state index in [9.17, 15) is 0 Å². The molecule has 0 radical (unpaired) electrons. The molecule has 0 aliphatic heterocycles. The maximum absolute atomic E-state index is 5.53. The molecule has 0 aliphatic carbocycles. The van der Waals surface area contributed by atoms with Crippen molar-refractivity contribution in [1.82, 2.24) is 15.0 Å². The van der Waals surface area contributed by atoms with Gasteiger partial charge >= 0.3 is 0 Å². The molecule has 0 saturated heterocycles. The first-order valence-corrected chi connectivity index (χ1v) is 8.16. The molecule has 3 rings (SSSR count). The Morgan fingerprint density at radius 3 is 2.84 bits per heavy atom. The lowest BCUT2D eigenvalue weighted by atomic mass is 10.2. The molecule has 126 valence electrons. The van der Waals surface area contributed by atoms with Gasteiger partial charge in [-0.1, -0.05) is 18.3 Å². The van der Waals surface area contributed by atoms with E-state index in [0.29, 0.717) is 17.5 Å². The summed E-state index contributed by atoms with van der Waals surface area (Å²) in [5, 5.41) is 6.44. The molecular formula is C18H18N6S. The molecule has 0 fully saturated rings. The zero-order valence-corrected chi connectivity index (χ0v) is 14.5. The molecule has 2 aromatic heterocycles. The van der Waals surface area contributed by atoms with Gasteiger partial charge in [-0.15, -0.1) is 0 Å². The average molecular weight is 350 g/mol. The lowest BCUT2D eigenvalue weighted by Gasteiger charge is -2.12. The molecule has 6 nitrogen and oxygen atoms in total. The summed E-state index contributed by atoms with van der Waals surface area (Å²) in [5.41, 5.74) is 10.2. The fourth-order valence-corrected chi connectivity index (χ4v) is 2.34. The summed E-state index contributed by atoms with van der Waals surface area (Å²) in [6.07, 6.45) is 5.23. The van der Waals surface area contributed by atoms with Crippen LogP contribution in [0.15, 0.2) is 55.0 Å². The first-order chi connectivity index (χ1) is 12.1. The molecule has 25 heavy (non-hydrogen) atoms. The summed E-state index contributed by atoms with van der Waals surface area (Å²) in [4.78, 5) is 13.4. The van der Waals surface area contributed by atoms with E-state index in [4.69, 9.17) is 18.0 Å². The summed E-state index contributed by atoms with van der Waals surface area (Å²) in [5.74, 6) is 0.524. The zero-order valence-electron chi connectivity index (χ0n) is 13.7. The van der Waals surface area contributed by atoms with Gasteiger partial charge in [0.25, 0.3) is 0 Å². The van der Waals surface area contributed by atoms with Gasteiger partial charge in [-0.2, -0.15) is 0 Å². The quantitative estimate of drug-likeness (QED) is 0.588. The third-order valence-corrected chi connectivity index (χ3v) is 3.71. The summed E-state index contributed by atoms with van der Waals surface area (Å²) < 4.78 is 0. The van der Waals surface area contributed by atoms with Gasteiger partial charge in [-0.25, -0.2) is 9.97 Å². The second-order valence-corrected chi connectivity index (χ2v) is 6.01. The lowest BCUT2D eigenvalue weighted by molar-refractivity contribution is 1.16. The summed E-state index contributed by atoms with van der Waals surface area (Å²) in [7, 11) is 0. The van der Waals surface area contributed by atoms with E-state index in [0.717, 1.165) is 28.2 Å². The normalized spacial score (nSPS) is 10.3. The van der Waals surface area contributed by atoms with Crippen LogP contribution in [0, 0.1) is 6.92 Å². The molecule has 1 aromatic carbocycles. The molecule has 0 amide bonds. The van der Waals surface area contributed by atoms with Crippen LogP contribution in [0.1, 0.15) is 5.56 Å². The van der Waals surface area contributed by atoms with Gasteiger partial charge in [-0.3, -0.25) is 4.98 Å². The van der Waals surface area contributed by atoms with Gasteiger partial charge in [0.1, 0.15) is 0 Å². The highest BCUT2D eigenvalue weighted by atomic mass is 32.1. The second-order valence-electron chi connectivity index (χ2n) is 5.48. The fourth-order valence-electron chi connectivity index (χ4n) is 2.27. The van der Waals surface area contributed by atoms with Crippen LogP contribution in [0.2, 0.25) is 0 Å². The number of pyridine rings is 1. The van der Waals surface area contributed by atoms with Crippen LogP contribution in [0.5, 0.6) is 0 Å². The number of benzene rings is 1. The van der Waals surface area contributed by atoms with Gasteiger partial charge < -0.3 is 16.4 Å². The van der Waals surface area contributed by atoms with E-state index in [1.807, 2.05) is 43.3 Å². The molecule has 0 spiro atoms. The molecule has 0 unspecified atom stereocenters. The molecule has 0 bridgehead atoms. The number of hydrogen-bond donors (Lipinski definition) is 3. The third kappa shape index (κ3) is 4.48. The first-order valence-electron chi connectivity index (χ1n) is 7.75. The van der Waals surface area contributed by atoms with Crippen LogP contribution >= 0.6 is 12.2 Å². The van der Waals surface area contributed by atoms with Crippen molar-refractivity contribution in [2.24, 2.45) is 5.73 Å². The number of nitrogens with zero attached hydrogens (tertiary/aromatic N) is 3. The van der Waals surface area contributed by atoms with E-state index in [1.54, 1.807) is 18.6 Å². The number of aromatic nitrogens is 3. The van der Waals surface area contributed by atoms with Crippen molar-refractivity contribution in [3.8, 4) is 11.3 Å². The molecule has 0 atom stereocenters. The Morgan fingerprint density at radius 2 is 2.08 bits per heavy atom. The monoisotopic (exact) mass is 350 g/mol. The lowest BCUT2D eigenvalue weighted by Crippen LogP contribution is -2.19. The van der Waals surface area contributed by atoms with Crippen molar-refractivity contribution < 1.29 is 0 Å². The van der Waals surface area contributed by atoms with Crippen LogP contribution in [-0.4, -0.2) is 26.5 Å². The number of aryl methyl sites for hydroxylation is 1. The van der Waals surface area contributed by atoms with Gasteiger partial charge in [0, 0.05) is 35.5 Å². The summed E-state index contributed by atoms with van der Waals surface area (Å²) >= 11 is 4.89. The fraction of sp³-hybridized carbons (Fsp3) is 0.111. The van der Waals surface area contributed by atoms with Crippen molar-refractivity contribution in [2.75, 3.05) is 17.2 Å². The van der Waals surface area contributed by atoms with E-state index in [-0.39, 0.29) is 0 Å². The van der Waals surface area contributed by atoms with Gasteiger partial charge in [0.05, 0.1) is 17.2 Å².